The molecule has 1 aliphatic rings. The van der Waals surface area contributed by atoms with Crippen LogP contribution in [0.5, 0.6) is 0 Å². The molecule has 0 radical (unpaired) electrons. The van der Waals surface area contributed by atoms with E-state index in [1.165, 1.54) is 11.3 Å². The number of nitriles is 1. The minimum Gasteiger partial charge on any atom is -0.375 e. The van der Waals surface area contributed by atoms with Crippen molar-refractivity contribution in [1.82, 2.24) is 15.0 Å². The summed E-state index contributed by atoms with van der Waals surface area (Å²) in [7, 11) is 0. The molecule has 6 heteroatoms. The van der Waals surface area contributed by atoms with Crippen LogP contribution in [0.25, 0.3) is 21.6 Å². The predicted octanol–water partition coefficient (Wildman–Crippen LogP) is 2.89. The number of rotatable bonds is 2. The molecule has 102 valence electrons. The summed E-state index contributed by atoms with van der Waals surface area (Å²) in [6.45, 7) is 0. The molecular weight excluding hydrogens is 282 g/mol. The Balaban J connectivity index is 1.73. The van der Waals surface area contributed by atoms with Crippen LogP contribution in [0.1, 0.15) is 18.4 Å². The minimum atomic E-state index is -0.292. The van der Waals surface area contributed by atoms with E-state index in [2.05, 4.69) is 21.0 Å². The zero-order valence-electron chi connectivity index (χ0n) is 11.1. The first-order valence-corrected chi connectivity index (χ1v) is 7.42. The first-order chi connectivity index (χ1) is 10.2. The van der Waals surface area contributed by atoms with Crippen LogP contribution < -0.4 is 5.73 Å². The molecule has 0 unspecified atom stereocenters. The average molecular weight is 293 g/mol. The van der Waals surface area contributed by atoms with Gasteiger partial charge in [0, 0.05) is 18.0 Å². The highest BCUT2D eigenvalue weighted by Crippen LogP contribution is 2.47. The van der Waals surface area contributed by atoms with Gasteiger partial charge in [-0.15, -0.1) is 0 Å². The molecule has 0 bridgehead atoms. The number of aromatic nitrogens is 3. The standard InChI is InChI=1S/C15H11N5S/c16-8-15(3-4-15)10-1-2-11(18-7-10)9-5-12-13(19-6-9)20-14(17)21-12/h1-2,5-7H,3-4H2,(H2,17,19,20). The fourth-order valence-corrected chi connectivity index (χ4v) is 3.15. The lowest BCUT2D eigenvalue weighted by atomic mass is 9.99. The second kappa shape index (κ2) is 4.24. The molecule has 0 saturated heterocycles. The van der Waals surface area contributed by atoms with Gasteiger partial charge in [0.2, 0.25) is 0 Å². The Morgan fingerprint density at radius 3 is 2.76 bits per heavy atom. The van der Waals surface area contributed by atoms with E-state index < -0.39 is 0 Å². The fraction of sp³-hybridized carbons (Fsp3) is 0.200. The lowest BCUT2D eigenvalue weighted by molar-refractivity contribution is 0.898. The van der Waals surface area contributed by atoms with Gasteiger partial charge in [-0.05, 0) is 30.5 Å². The monoisotopic (exact) mass is 293 g/mol. The summed E-state index contributed by atoms with van der Waals surface area (Å²) >= 11 is 1.42. The maximum absolute atomic E-state index is 9.21. The normalized spacial score (nSPS) is 15.8. The SMILES string of the molecule is N#CC1(c2ccc(-c3cnc4nc(N)sc4c3)nc2)CC1. The number of hydrogen-bond donors (Lipinski definition) is 1. The molecular formula is C15H11N5S. The van der Waals surface area contributed by atoms with E-state index >= 15 is 0 Å². The van der Waals surface area contributed by atoms with Crippen molar-refractivity contribution in [3.8, 4) is 17.3 Å². The van der Waals surface area contributed by atoms with E-state index in [0.29, 0.717) is 10.8 Å². The Kier molecular flexibility index (Phi) is 2.47. The van der Waals surface area contributed by atoms with E-state index in [0.717, 1.165) is 34.4 Å². The number of thiazole rings is 1. The molecule has 0 atom stereocenters. The van der Waals surface area contributed by atoms with Crippen LogP contribution in [-0.2, 0) is 5.41 Å². The number of anilines is 1. The van der Waals surface area contributed by atoms with Crippen LogP contribution in [0.15, 0.2) is 30.6 Å². The molecule has 0 amide bonds. The number of nitrogens with zero attached hydrogens (tertiary/aromatic N) is 4. The van der Waals surface area contributed by atoms with Crippen molar-refractivity contribution >= 4 is 26.8 Å². The van der Waals surface area contributed by atoms with Gasteiger partial charge in [-0.2, -0.15) is 5.26 Å². The molecule has 3 aromatic rings. The van der Waals surface area contributed by atoms with E-state index in [9.17, 15) is 5.26 Å². The van der Waals surface area contributed by atoms with Crippen molar-refractivity contribution in [3.05, 3.63) is 36.2 Å². The second-order valence-electron chi connectivity index (χ2n) is 5.22. The van der Waals surface area contributed by atoms with Crippen LogP contribution in [0.4, 0.5) is 5.13 Å². The Hall–Kier alpha value is -2.52. The lowest BCUT2D eigenvalue weighted by Gasteiger charge is -2.06. The smallest absolute Gasteiger partial charge is 0.182 e. The number of pyridine rings is 2. The molecule has 1 saturated carbocycles. The highest BCUT2D eigenvalue weighted by Gasteiger charge is 2.45. The molecule has 21 heavy (non-hydrogen) atoms. The first-order valence-electron chi connectivity index (χ1n) is 6.60. The van der Waals surface area contributed by atoms with Crippen molar-refractivity contribution in [3.63, 3.8) is 0 Å². The third-order valence-electron chi connectivity index (χ3n) is 3.84. The summed E-state index contributed by atoms with van der Waals surface area (Å²) < 4.78 is 0.951. The van der Waals surface area contributed by atoms with Crippen molar-refractivity contribution in [2.75, 3.05) is 5.73 Å². The Labute approximate surface area is 125 Å². The van der Waals surface area contributed by atoms with Gasteiger partial charge in [-0.3, -0.25) is 4.98 Å². The van der Waals surface area contributed by atoms with Gasteiger partial charge in [-0.25, -0.2) is 9.97 Å². The molecule has 0 aromatic carbocycles. The summed E-state index contributed by atoms with van der Waals surface area (Å²) in [5.74, 6) is 0. The third kappa shape index (κ3) is 1.94. The first kappa shape index (κ1) is 12.2. The topological polar surface area (TPSA) is 88.5 Å². The third-order valence-corrected chi connectivity index (χ3v) is 4.66. The Bertz CT molecular complexity index is 871. The molecule has 4 rings (SSSR count). The number of nitrogen functional groups attached to an aromatic ring is 1. The van der Waals surface area contributed by atoms with E-state index in [1.807, 2.05) is 18.2 Å². The van der Waals surface area contributed by atoms with E-state index in [1.54, 1.807) is 12.4 Å². The van der Waals surface area contributed by atoms with Crippen LogP contribution in [0, 0.1) is 11.3 Å². The lowest BCUT2D eigenvalue weighted by Crippen LogP contribution is -2.02. The summed E-state index contributed by atoms with van der Waals surface area (Å²) in [6.07, 6.45) is 5.41. The zero-order chi connectivity index (χ0) is 14.4. The predicted molar refractivity (Wildman–Crippen MR) is 81.6 cm³/mol. The van der Waals surface area contributed by atoms with Crippen LogP contribution in [0.3, 0.4) is 0 Å². The highest BCUT2D eigenvalue weighted by atomic mass is 32.1. The van der Waals surface area contributed by atoms with Crippen molar-refractivity contribution < 1.29 is 0 Å². The van der Waals surface area contributed by atoms with Crippen LogP contribution in [-0.4, -0.2) is 15.0 Å². The molecule has 0 spiro atoms. The fourth-order valence-electron chi connectivity index (χ4n) is 2.41. The minimum absolute atomic E-state index is 0.292. The number of hydrogen-bond acceptors (Lipinski definition) is 6. The van der Waals surface area contributed by atoms with E-state index in [-0.39, 0.29) is 5.41 Å². The van der Waals surface area contributed by atoms with Gasteiger partial charge in [-0.1, -0.05) is 17.4 Å². The maximum atomic E-state index is 9.21. The molecule has 5 nitrogen and oxygen atoms in total. The van der Waals surface area contributed by atoms with Crippen molar-refractivity contribution in [2.24, 2.45) is 0 Å². The van der Waals surface area contributed by atoms with Gasteiger partial charge < -0.3 is 5.73 Å². The molecule has 2 N–H and O–H groups in total. The van der Waals surface area contributed by atoms with Gasteiger partial charge >= 0.3 is 0 Å². The van der Waals surface area contributed by atoms with Gasteiger partial charge in [0.15, 0.2) is 10.8 Å². The summed E-state index contributed by atoms with van der Waals surface area (Å²) in [4.78, 5) is 12.9. The van der Waals surface area contributed by atoms with Gasteiger partial charge in [0.25, 0.3) is 0 Å². The molecule has 3 aromatic heterocycles. The van der Waals surface area contributed by atoms with E-state index in [4.69, 9.17) is 5.73 Å². The molecule has 1 aliphatic carbocycles. The molecule has 3 heterocycles. The maximum Gasteiger partial charge on any atom is 0.182 e. The average Bonchev–Trinajstić information content (AvgIpc) is 3.22. The van der Waals surface area contributed by atoms with Crippen molar-refractivity contribution in [1.29, 1.82) is 5.26 Å². The van der Waals surface area contributed by atoms with Crippen LogP contribution in [0.2, 0.25) is 0 Å². The second-order valence-corrected chi connectivity index (χ2v) is 6.29. The summed E-state index contributed by atoms with van der Waals surface area (Å²) in [6, 6.07) is 8.31. The quantitative estimate of drug-likeness (QED) is 0.784. The highest BCUT2D eigenvalue weighted by molar-refractivity contribution is 7.22. The zero-order valence-corrected chi connectivity index (χ0v) is 11.9. The Morgan fingerprint density at radius 2 is 2.10 bits per heavy atom. The molecule has 1 fully saturated rings. The largest absolute Gasteiger partial charge is 0.375 e. The van der Waals surface area contributed by atoms with Gasteiger partial charge in [0.05, 0.1) is 21.9 Å². The summed E-state index contributed by atoms with van der Waals surface area (Å²) in [5.41, 5.74) is 8.84. The van der Waals surface area contributed by atoms with Crippen molar-refractivity contribution in [2.45, 2.75) is 18.3 Å². The Morgan fingerprint density at radius 1 is 1.24 bits per heavy atom. The van der Waals surface area contributed by atoms with Crippen LogP contribution >= 0.6 is 11.3 Å². The number of fused-ring (bicyclic) bond motifs is 1. The summed E-state index contributed by atoms with van der Waals surface area (Å²) in [5, 5.41) is 9.73. The van der Waals surface area contributed by atoms with Gasteiger partial charge in [0.1, 0.15) is 0 Å². The number of nitrogens with two attached hydrogens (primary N) is 1. The molecule has 0 aliphatic heterocycles.